The summed E-state index contributed by atoms with van der Waals surface area (Å²) in [6, 6.07) is 8.07. The maximum absolute atomic E-state index is 5.68. The minimum absolute atomic E-state index is 0.691. The Morgan fingerprint density at radius 2 is 2.27 bits per heavy atom. The van der Waals surface area contributed by atoms with E-state index in [1.54, 1.807) is 0 Å². The summed E-state index contributed by atoms with van der Waals surface area (Å²) in [5, 5.41) is 3.23. The average Bonchev–Trinajstić information content (AvgIpc) is 2.74. The predicted octanol–water partition coefficient (Wildman–Crippen LogP) is 1.77. The van der Waals surface area contributed by atoms with Crippen molar-refractivity contribution in [3.05, 3.63) is 29.8 Å². The van der Waals surface area contributed by atoms with Gasteiger partial charge in [-0.15, -0.1) is 0 Å². The molecule has 0 fully saturated rings. The summed E-state index contributed by atoms with van der Waals surface area (Å²) in [4.78, 5) is 4.31. The molecule has 0 radical (unpaired) electrons. The highest BCUT2D eigenvalue weighted by Gasteiger charge is 2.05. The smallest absolute Gasteiger partial charge is 0.122 e. The highest BCUT2D eigenvalue weighted by atomic mass is 16.5. The Kier molecular flexibility index (Phi) is 3.22. The zero-order valence-corrected chi connectivity index (χ0v) is 8.99. The number of hydrogen-bond acceptors (Lipinski definition) is 3. The Labute approximate surface area is 90.2 Å². The zero-order chi connectivity index (χ0) is 10.5. The molecule has 1 aromatic carbocycles. The summed E-state index contributed by atoms with van der Waals surface area (Å²) < 4.78 is 5.68. The van der Waals surface area contributed by atoms with E-state index in [0.717, 1.165) is 31.1 Å². The molecule has 0 saturated carbocycles. The van der Waals surface area contributed by atoms with Gasteiger partial charge in [0.1, 0.15) is 5.75 Å². The normalized spacial score (nSPS) is 14.6. The van der Waals surface area contributed by atoms with Gasteiger partial charge in [0.2, 0.25) is 0 Å². The molecule has 0 aliphatic carbocycles. The molecule has 1 aromatic rings. The van der Waals surface area contributed by atoms with E-state index in [1.165, 1.54) is 5.56 Å². The molecule has 80 valence electrons. The van der Waals surface area contributed by atoms with Gasteiger partial charge >= 0.3 is 0 Å². The van der Waals surface area contributed by atoms with Gasteiger partial charge in [-0.25, -0.2) is 0 Å². The number of nitrogens with zero attached hydrogens (tertiary/aromatic N) is 1. The minimum atomic E-state index is 0.691. The fraction of sp³-hybridized carbons (Fsp3) is 0.417. The molecule has 0 unspecified atom stereocenters. The fourth-order valence-electron chi connectivity index (χ4n) is 1.59. The van der Waals surface area contributed by atoms with Gasteiger partial charge in [-0.2, -0.15) is 0 Å². The van der Waals surface area contributed by atoms with Crippen molar-refractivity contribution in [2.24, 2.45) is 4.99 Å². The quantitative estimate of drug-likeness (QED) is 0.811. The number of hydrogen-bond donors (Lipinski definition) is 1. The fourth-order valence-corrected chi connectivity index (χ4v) is 1.59. The molecule has 3 nitrogen and oxygen atoms in total. The summed E-state index contributed by atoms with van der Waals surface area (Å²) in [5.41, 5.74) is 1.18. The van der Waals surface area contributed by atoms with E-state index in [-0.39, 0.29) is 0 Å². The molecule has 3 heteroatoms. The van der Waals surface area contributed by atoms with E-state index in [2.05, 4.69) is 23.3 Å². The van der Waals surface area contributed by atoms with E-state index in [4.69, 9.17) is 4.74 Å². The highest BCUT2D eigenvalue weighted by Crippen LogP contribution is 2.16. The molecule has 1 N–H and O–H groups in total. The van der Waals surface area contributed by atoms with Crippen molar-refractivity contribution in [2.45, 2.75) is 13.3 Å². The van der Waals surface area contributed by atoms with Gasteiger partial charge in [0, 0.05) is 13.0 Å². The maximum Gasteiger partial charge on any atom is 0.122 e. The number of aliphatic imine (C=N–C) groups is 1. The molecule has 0 saturated heterocycles. The number of benzene rings is 1. The Balaban J connectivity index is 1.80. The summed E-state index contributed by atoms with van der Waals surface area (Å²) in [6.45, 7) is 4.62. The third-order valence-electron chi connectivity index (χ3n) is 2.43. The van der Waals surface area contributed by atoms with Crippen LogP contribution in [0.5, 0.6) is 5.75 Å². The standard InChI is InChI=1S/C12H16N2O/c1-10-4-2-3-5-11(10)15-9-6-12-13-7-8-14-12/h2-5H,6-9H2,1H3,(H,13,14). The van der Waals surface area contributed by atoms with E-state index in [9.17, 15) is 0 Å². The van der Waals surface area contributed by atoms with Crippen molar-refractivity contribution in [1.29, 1.82) is 0 Å². The Morgan fingerprint density at radius 3 is 3.00 bits per heavy atom. The van der Waals surface area contributed by atoms with Gasteiger partial charge in [0.15, 0.2) is 0 Å². The van der Waals surface area contributed by atoms with Crippen LogP contribution in [-0.2, 0) is 0 Å². The van der Waals surface area contributed by atoms with Gasteiger partial charge < -0.3 is 10.1 Å². The van der Waals surface area contributed by atoms with E-state index in [1.807, 2.05) is 18.2 Å². The third-order valence-corrected chi connectivity index (χ3v) is 2.43. The van der Waals surface area contributed by atoms with Crippen LogP contribution in [-0.4, -0.2) is 25.5 Å². The third kappa shape index (κ3) is 2.72. The van der Waals surface area contributed by atoms with Crippen LogP contribution < -0.4 is 10.1 Å². The van der Waals surface area contributed by atoms with Crippen molar-refractivity contribution < 1.29 is 4.74 Å². The van der Waals surface area contributed by atoms with E-state index in [0.29, 0.717) is 6.61 Å². The molecule has 2 rings (SSSR count). The van der Waals surface area contributed by atoms with Crippen molar-refractivity contribution in [3.63, 3.8) is 0 Å². The first-order chi connectivity index (χ1) is 7.36. The summed E-state index contributed by atoms with van der Waals surface area (Å²) in [6.07, 6.45) is 0.869. The number of rotatable bonds is 4. The number of para-hydroxylation sites is 1. The average molecular weight is 204 g/mol. The van der Waals surface area contributed by atoms with Crippen LogP contribution in [0.4, 0.5) is 0 Å². The van der Waals surface area contributed by atoms with Crippen LogP contribution in [0.15, 0.2) is 29.3 Å². The van der Waals surface area contributed by atoms with E-state index < -0.39 is 0 Å². The summed E-state index contributed by atoms with van der Waals surface area (Å²) >= 11 is 0. The molecule has 1 heterocycles. The summed E-state index contributed by atoms with van der Waals surface area (Å²) in [7, 11) is 0. The molecule has 0 atom stereocenters. The second-order valence-corrected chi connectivity index (χ2v) is 3.62. The molecule has 1 aliphatic rings. The van der Waals surface area contributed by atoms with Gasteiger partial charge in [0.05, 0.1) is 19.0 Å². The lowest BCUT2D eigenvalue weighted by Crippen LogP contribution is -2.20. The van der Waals surface area contributed by atoms with Crippen LogP contribution in [0.3, 0.4) is 0 Å². The first-order valence-electron chi connectivity index (χ1n) is 5.32. The van der Waals surface area contributed by atoms with Crippen molar-refractivity contribution in [1.82, 2.24) is 5.32 Å². The molecule has 1 aliphatic heterocycles. The monoisotopic (exact) mass is 204 g/mol. The molecule has 0 amide bonds. The lowest BCUT2D eigenvalue weighted by Gasteiger charge is -2.08. The van der Waals surface area contributed by atoms with Gasteiger partial charge in [-0.05, 0) is 18.6 Å². The van der Waals surface area contributed by atoms with Crippen LogP contribution in [0.1, 0.15) is 12.0 Å². The summed E-state index contributed by atoms with van der Waals surface area (Å²) in [5.74, 6) is 2.04. The maximum atomic E-state index is 5.68. The second kappa shape index (κ2) is 4.82. The van der Waals surface area contributed by atoms with Crippen molar-refractivity contribution in [3.8, 4) is 5.75 Å². The first-order valence-corrected chi connectivity index (χ1v) is 5.32. The number of nitrogens with one attached hydrogen (secondary N) is 1. The van der Waals surface area contributed by atoms with Crippen molar-refractivity contribution in [2.75, 3.05) is 19.7 Å². The van der Waals surface area contributed by atoms with Gasteiger partial charge in [-0.3, -0.25) is 4.99 Å². The van der Waals surface area contributed by atoms with Crippen LogP contribution >= 0.6 is 0 Å². The predicted molar refractivity (Wildman–Crippen MR) is 61.6 cm³/mol. The topological polar surface area (TPSA) is 33.6 Å². The van der Waals surface area contributed by atoms with Gasteiger partial charge in [0.25, 0.3) is 0 Å². The molecule has 15 heavy (non-hydrogen) atoms. The lowest BCUT2D eigenvalue weighted by atomic mass is 10.2. The SMILES string of the molecule is Cc1ccccc1OCCC1=NCCN1. The van der Waals surface area contributed by atoms with Gasteiger partial charge in [-0.1, -0.05) is 18.2 Å². The Hall–Kier alpha value is -1.51. The number of ether oxygens (including phenoxy) is 1. The Morgan fingerprint density at radius 1 is 1.40 bits per heavy atom. The highest BCUT2D eigenvalue weighted by molar-refractivity contribution is 5.83. The zero-order valence-electron chi connectivity index (χ0n) is 8.99. The molecule has 0 bridgehead atoms. The molecular weight excluding hydrogens is 188 g/mol. The molecular formula is C12H16N2O. The van der Waals surface area contributed by atoms with E-state index >= 15 is 0 Å². The largest absolute Gasteiger partial charge is 0.493 e. The first kappa shape index (κ1) is 10.0. The van der Waals surface area contributed by atoms with Crippen LogP contribution in [0.2, 0.25) is 0 Å². The number of amidine groups is 1. The molecule has 0 aromatic heterocycles. The second-order valence-electron chi connectivity index (χ2n) is 3.62. The minimum Gasteiger partial charge on any atom is -0.493 e. The number of aryl methyl sites for hydroxylation is 1. The van der Waals surface area contributed by atoms with Crippen molar-refractivity contribution >= 4 is 5.84 Å². The van der Waals surface area contributed by atoms with Crippen LogP contribution in [0, 0.1) is 6.92 Å². The lowest BCUT2D eigenvalue weighted by molar-refractivity contribution is 0.326. The van der Waals surface area contributed by atoms with Crippen LogP contribution in [0.25, 0.3) is 0 Å². The molecule has 0 spiro atoms. The Bertz CT molecular complexity index is 360.